The van der Waals surface area contributed by atoms with E-state index in [9.17, 15) is 0 Å². The fourth-order valence-corrected chi connectivity index (χ4v) is 1.46. The molecule has 2 nitrogen and oxygen atoms in total. The van der Waals surface area contributed by atoms with Crippen LogP contribution in [0.2, 0.25) is 0 Å². The molecule has 1 heterocycles. The first-order valence-corrected chi connectivity index (χ1v) is 5.16. The molecule has 0 aliphatic carbocycles. The predicted octanol–water partition coefficient (Wildman–Crippen LogP) is 1.89. The Bertz CT molecular complexity index is 229. The molecule has 2 rings (SSSR count). The maximum absolute atomic E-state index is 8.54. The van der Waals surface area contributed by atoms with Gasteiger partial charge in [0.05, 0.1) is 6.61 Å². The second-order valence-corrected chi connectivity index (χ2v) is 3.65. The molecule has 0 spiro atoms. The van der Waals surface area contributed by atoms with Gasteiger partial charge in [-0.15, -0.1) is 0 Å². The Morgan fingerprint density at radius 2 is 1.71 bits per heavy atom. The van der Waals surface area contributed by atoms with Crippen molar-refractivity contribution < 1.29 is 5.11 Å². The molecule has 1 aliphatic rings. The van der Waals surface area contributed by atoms with Crippen LogP contribution in [-0.4, -0.2) is 30.1 Å². The van der Waals surface area contributed by atoms with Gasteiger partial charge in [-0.1, -0.05) is 30.3 Å². The molecule has 0 unspecified atom stereocenters. The molecule has 0 saturated carbocycles. The Morgan fingerprint density at radius 1 is 1.14 bits per heavy atom. The summed E-state index contributed by atoms with van der Waals surface area (Å²) < 4.78 is 0. The fraction of sp³-hybridized carbons (Fsp3) is 0.500. The van der Waals surface area contributed by atoms with Crippen molar-refractivity contribution in [1.82, 2.24) is 4.90 Å². The molecule has 1 fully saturated rings. The van der Waals surface area contributed by atoms with E-state index in [1.54, 1.807) is 0 Å². The van der Waals surface area contributed by atoms with Crippen molar-refractivity contribution >= 4 is 0 Å². The molecule has 14 heavy (non-hydrogen) atoms. The molecule has 0 aromatic heterocycles. The van der Waals surface area contributed by atoms with Gasteiger partial charge in [0, 0.05) is 0 Å². The zero-order valence-corrected chi connectivity index (χ0v) is 8.82. The van der Waals surface area contributed by atoms with E-state index in [-0.39, 0.29) is 6.61 Å². The Morgan fingerprint density at radius 3 is 2.00 bits per heavy atom. The van der Waals surface area contributed by atoms with Crippen LogP contribution in [0.5, 0.6) is 0 Å². The van der Waals surface area contributed by atoms with Gasteiger partial charge in [-0.2, -0.15) is 0 Å². The van der Waals surface area contributed by atoms with Gasteiger partial charge in [-0.05, 0) is 38.5 Å². The zero-order valence-electron chi connectivity index (χ0n) is 8.82. The third-order valence-corrected chi connectivity index (χ3v) is 2.36. The molecule has 1 N–H and O–H groups in total. The van der Waals surface area contributed by atoms with E-state index in [1.165, 1.54) is 25.9 Å². The molecule has 1 saturated heterocycles. The first-order valence-electron chi connectivity index (χ1n) is 5.16. The Hall–Kier alpha value is -0.860. The average Bonchev–Trinajstić information content (AvgIpc) is 2.71. The van der Waals surface area contributed by atoms with Crippen LogP contribution in [-0.2, 0) is 6.61 Å². The van der Waals surface area contributed by atoms with Crippen LogP contribution in [0.1, 0.15) is 18.4 Å². The summed E-state index contributed by atoms with van der Waals surface area (Å²) in [6, 6.07) is 9.52. The smallest absolute Gasteiger partial charge is 0.0681 e. The summed E-state index contributed by atoms with van der Waals surface area (Å²) >= 11 is 0. The molecule has 1 aromatic carbocycles. The van der Waals surface area contributed by atoms with Crippen LogP contribution >= 0.6 is 0 Å². The molecular formula is C12H19NO. The summed E-state index contributed by atoms with van der Waals surface area (Å²) in [5.41, 5.74) is 0.965. The lowest BCUT2D eigenvalue weighted by molar-refractivity contribution is 0.282. The highest BCUT2D eigenvalue weighted by atomic mass is 16.3. The minimum Gasteiger partial charge on any atom is -0.392 e. The van der Waals surface area contributed by atoms with Gasteiger partial charge < -0.3 is 10.0 Å². The van der Waals surface area contributed by atoms with Crippen molar-refractivity contribution in [3.8, 4) is 0 Å². The van der Waals surface area contributed by atoms with E-state index >= 15 is 0 Å². The van der Waals surface area contributed by atoms with Crippen molar-refractivity contribution in [2.45, 2.75) is 19.4 Å². The minimum absolute atomic E-state index is 0.140. The van der Waals surface area contributed by atoms with Crippen molar-refractivity contribution in [2.75, 3.05) is 20.1 Å². The average molecular weight is 193 g/mol. The van der Waals surface area contributed by atoms with E-state index in [0.717, 1.165) is 5.56 Å². The van der Waals surface area contributed by atoms with Gasteiger partial charge in [0.25, 0.3) is 0 Å². The molecule has 0 bridgehead atoms. The summed E-state index contributed by atoms with van der Waals surface area (Å²) in [5.74, 6) is 0. The highest BCUT2D eigenvalue weighted by Crippen LogP contribution is 2.02. The number of aliphatic hydroxyl groups is 1. The third kappa shape index (κ3) is 4.40. The Labute approximate surface area is 86.2 Å². The van der Waals surface area contributed by atoms with Gasteiger partial charge in [0.1, 0.15) is 0 Å². The maximum atomic E-state index is 8.54. The number of hydrogen-bond donors (Lipinski definition) is 1. The molecule has 2 heteroatoms. The summed E-state index contributed by atoms with van der Waals surface area (Å²) in [6.07, 6.45) is 2.83. The van der Waals surface area contributed by atoms with Gasteiger partial charge in [0.15, 0.2) is 0 Å². The van der Waals surface area contributed by atoms with Crippen molar-refractivity contribution in [3.63, 3.8) is 0 Å². The van der Waals surface area contributed by atoms with Crippen molar-refractivity contribution in [2.24, 2.45) is 0 Å². The number of nitrogens with zero attached hydrogens (tertiary/aromatic N) is 1. The second kappa shape index (κ2) is 6.57. The summed E-state index contributed by atoms with van der Waals surface area (Å²) in [6.45, 7) is 2.78. The van der Waals surface area contributed by atoms with Crippen LogP contribution < -0.4 is 0 Å². The lowest BCUT2D eigenvalue weighted by Crippen LogP contribution is -2.10. The normalized spacial score (nSPS) is 16.1. The highest BCUT2D eigenvalue weighted by Gasteiger charge is 2.03. The number of benzene rings is 1. The molecule has 1 aromatic rings. The topological polar surface area (TPSA) is 23.5 Å². The lowest BCUT2D eigenvalue weighted by atomic mass is 10.2. The minimum atomic E-state index is 0.140. The number of hydrogen-bond acceptors (Lipinski definition) is 2. The summed E-state index contributed by atoms with van der Waals surface area (Å²) in [7, 11) is 2.17. The van der Waals surface area contributed by atoms with E-state index in [4.69, 9.17) is 5.11 Å². The predicted molar refractivity (Wildman–Crippen MR) is 59.1 cm³/mol. The molecule has 1 aliphatic heterocycles. The summed E-state index contributed by atoms with van der Waals surface area (Å²) in [5, 5.41) is 8.54. The zero-order chi connectivity index (χ0) is 10.2. The first kappa shape index (κ1) is 11.2. The first-order chi connectivity index (χ1) is 6.83. The van der Waals surface area contributed by atoms with E-state index < -0.39 is 0 Å². The van der Waals surface area contributed by atoms with Crippen LogP contribution in [0.15, 0.2) is 30.3 Å². The van der Waals surface area contributed by atoms with Gasteiger partial charge in [-0.25, -0.2) is 0 Å². The third-order valence-electron chi connectivity index (χ3n) is 2.36. The van der Waals surface area contributed by atoms with Crippen LogP contribution in [0.4, 0.5) is 0 Å². The van der Waals surface area contributed by atoms with E-state index in [0.29, 0.717) is 0 Å². The molecule has 0 radical (unpaired) electrons. The monoisotopic (exact) mass is 193 g/mol. The standard InChI is InChI=1S/C7H8O.C5H11N/c8-6-7-4-2-1-3-5-7;1-6-4-2-3-5-6/h1-5,8H,6H2;2-5H2,1H3. The van der Waals surface area contributed by atoms with Crippen LogP contribution in [0, 0.1) is 0 Å². The van der Waals surface area contributed by atoms with Crippen molar-refractivity contribution in [3.05, 3.63) is 35.9 Å². The maximum Gasteiger partial charge on any atom is 0.0681 e. The SMILES string of the molecule is CN1CCCC1.OCc1ccccc1. The van der Waals surface area contributed by atoms with Crippen LogP contribution in [0.3, 0.4) is 0 Å². The van der Waals surface area contributed by atoms with Gasteiger partial charge in [0.2, 0.25) is 0 Å². The van der Waals surface area contributed by atoms with Crippen molar-refractivity contribution in [1.29, 1.82) is 0 Å². The largest absolute Gasteiger partial charge is 0.392 e. The number of rotatable bonds is 1. The molecule has 0 amide bonds. The molecule has 78 valence electrons. The van der Waals surface area contributed by atoms with E-state index in [1.807, 2.05) is 30.3 Å². The lowest BCUT2D eigenvalue weighted by Gasteiger charge is -2.01. The van der Waals surface area contributed by atoms with Gasteiger partial charge in [-0.3, -0.25) is 0 Å². The van der Waals surface area contributed by atoms with E-state index in [2.05, 4.69) is 11.9 Å². The Kier molecular flexibility index (Phi) is 5.27. The second-order valence-electron chi connectivity index (χ2n) is 3.65. The summed E-state index contributed by atoms with van der Waals surface area (Å²) in [4.78, 5) is 2.36. The quantitative estimate of drug-likeness (QED) is 0.736. The number of likely N-dealkylation sites (tertiary alicyclic amines) is 1. The fourth-order valence-electron chi connectivity index (χ4n) is 1.46. The highest BCUT2D eigenvalue weighted by molar-refractivity contribution is 5.12. The van der Waals surface area contributed by atoms with Gasteiger partial charge >= 0.3 is 0 Å². The Balaban J connectivity index is 0.000000146. The number of aliphatic hydroxyl groups excluding tert-OH is 1. The van der Waals surface area contributed by atoms with Crippen LogP contribution in [0.25, 0.3) is 0 Å². The molecular weight excluding hydrogens is 174 g/mol. The molecule has 0 atom stereocenters.